The monoisotopic (exact) mass is 478 g/mol. The number of carbonyl (C=O) groups excluding carboxylic acids is 1. The smallest absolute Gasteiger partial charge is 0.271 e. The maximum Gasteiger partial charge on any atom is 0.271 e. The van der Waals surface area contributed by atoms with E-state index >= 15 is 0 Å². The molecular weight excluding hydrogens is 456 g/mol. The van der Waals surface area contributed by atoms with Gasteiger partial charge < -0.3 is 14.6 Å². The van der Waals surface area contributed by atoms with Gasteiger partial charge in [-0.05, 0) is 41.3 Å². The quantitative estimate of drug-likeness (QED) is 0.409. The summed E-state index contributed by atoms with van der Waals surface area (Å²) in [6.07, 6.45) is 0. The fourth-order valence-electron chi connectivity index (χ4n) is 4.54. The van der Waals surface area contributed by atoms with Gasteiger partial charge in [0.2, 0.25) is 12.7 Å². The number of benzene rings is 3. The predicted molar refractivity (Wildman–Crippen MR) is 133 cm³/mol. The molecule has 1 aliphatic heterocycles. The van der Waals surface area contributed by atoms with Gasteiger partial charge >= 0.3 is 0 Å². The number of nitrogens with zero attached hydrogens (tertiary/aromatic N) is 2. The summed E-state index contributed by atoms with van der Waals surface area (Å²) in [5.74, 6) is -0.507. The minimum atomic E-state index is -0.736. The lowest BCUT2D eigenvalue weighted by molar-refractivity contribution is 0.0969. The van der Waals surface area contributed by atoms with E-state index in [1.54, 1.807) is 18.2 Å². The third kappa shape index (κ3) is 3.99. The van der Waals surface area contributed by atoms with Crippen LogP contribution in [-0.2, 0) is 6.54 Å². The van der Waals surface area contributed by atoms with Crippen molar-refractivity contribution in [1.82, 2.24) is 4.57 Å². The van der Waals surface area contributed by atoms with Gasteiger partial charge in [0.25, 0.3) is 5.56 Å². The first-order valence-electron chi connectivity index (χ1n) is 11.4. The number of hydrogen-bond donors (Lipinski definition) is 1. The van der Waals surface area contributed by atoms with Gasteiger partial charge in [-0.25, -0.2) is 0 Å². The van der Waals surface area contributed by atoms with Crippen LogP contribution in [0.2, 0.25) is 0 Å². The highest BCUT2D eigenvalue weighted by atomic mass is 16.7. The molecule has 0 saturated heterocycles. The van der Waals surface area contributed by atoms with Gasteiger partial charge in [-0.15, -0.1) is 0 Å². The van der Waals surface area contributed by atoms with E-state index in [0.717, 1.165) is 15.7 Å². The van der Waals surface area contributed by atoms with Crippen molar-refractivity contribution in [1.29, 1.82) is 5.26 Å². The standard InChI is InChI=1S/C29H22N2O5/c1-18-22(15-30)28(33)31(16-19-12-13-23-24(14-19)36-17-35-23)29(34)25(18)27(32)26(20-8-4-2-5-9-20)21-10-6-3-7-11-21/h2-14,26,34H,16-17H2,1H3. The minimum absolute atomic E-state index is 0.0513. The lowest BCUT2D eigenvalue weighted by Crippen LogP contribution is -2.28. The number of hydrogen-bond acceptors (Lipinski definition) is 6. The molecule has 0 amide bonds. The zero-order chi connectivity index (χ0) is 25.2. The van der Waals surface area contributed by atoms with Crippen molar-refractivity contribution in [2.45, 2.75) is 19.4 Å². The highest BCUT2D eigenvalue weighted by Gasteiger charge is 2.31. The molecule has 36 heavy (non-hydrogen) atoms. The summed E-state index contributed by atoms with van der Waals surface area (Å²) in [5, 5.41) is 21.1. The van der Waals surface area contributed by atoms with E-state index in [0.29, 0.717) is 17.1 Å². The van der Waals surface area contributed by atoms with E-state index < -0.39 is 23.1 Å². The topological polar surface area (TPSA) is 102 Å². The zero-order valence-corrected chi connectivity index (χ0v) is 19.5. The second-order valence-electron chi connectivity index (χ2n) is 8.51. The Balaban J connectivity index is 1.66. The Hall–Kier alpha value is -4.83. The van der Waals surface area contributed by atoms with Crippen molar-refractivity contribution in [3.63, 3.8) is 0 Å². The van der Waals surface area contributed by atoms with E-state index in [1.165, 1.54) is 6.92 Å². The molecule has 0 radical (unpaired) electrons. The molecule has 0 aliphatic carbocycles. The minimum Gasteiger partial charge on any atom is -0.494 e. The second kappa shape index (κ2) is 9.43. The van der Waals surface area contributed by atoms with Crippen LogP contribution in [0.15, 0.2) is 83.7 Å². The van der Waals surface area contributed by atoms with Crippen molar-refractivity contribution in [2.75, 3.05) is 6.79 Å². The molecule has 0 unspecified atom stereocenters. The number of nitriles is 1. The van der Waals surface area contributed by atoms with Crippen molar-refractivity contribution in [3.05, 3.63) is 123 Å². The number of ketones is 1. The van der Waals surface area contributed by atoms with Crippen LogP contribution in [0.25, 0.3) is 0 Å². The molecule has 7 heteroatoms. The van der Waals surface area contributed by atoms with Crippen LogP contribution in [0, 0.1) is 18.3 Å². The van der Waals surface area contributed by atoms with Crippen LogP contribution in [0.3, 0.4) is 0 Å². The Bertz CT molecular complexity index is 1510. The summed E-state index contributed by atoms with van der Waals surface area (Å²) in [4.78, 5) is 27.3. The van der Waals surface area contributed by atoms with Crippen molar-refractivity contribution >= 4 is 5.78 Å². The molecule has 2 heterocycles. The van der Waals surface area contributed by atoms with Gasteiger partial charge in [-0.3, -0.25) is 14.2 Å². The summed E-state index contributed by atoms with van der Waals surface area (Å²) >= 11 is 0. The van der Waals surface area contributed by atoms with Crippen LogP contribution < -0.4 is 15.0 Å². The van der Waals surface area contributed by atoms with Gasteiger partial charge in [0.1, 0.15) is 11.6 Å². The first-order valence-corrected chi connectivity index (χ1v) is 11.4. The number of rotatable bonds is 6. The molecule has 1 aliphatic rings. The van der Waals surface area contributed by atoms with Crippen LogP contribution >= 0.6 is 0 Å². The Labute approximate surface area is 207 Å². The number of ether oxygens (including phenoxy) is 2. The highest BCUT2D eigenvalue weighted by molar-refractivity contribution is 6.06. The van der Waals surface area contributed by atoms with Crippen LogP contribution in [0.4, 0.5) is 0 Å². The molecule has 1 N–H and O–H groups in total. The number of Topliss-reactive ketones (excluding diaryl/α,β-unsaturated/α-hetero) is 1. The van der Waals surface area contributed by atoms with Crippen molar-refractivity contribution in [3.8, 4) is 23.4 Å². The molecule has 0 atom stereocenters. The third-order valence-corrected chi connectivity index (χ3v) is 6.35. The zero-order valence-electron chi connectivity index (χ0n) is 19.5. The van der Waals surface area contributed by atoms with Gasteiger partial charge in [-0.1, -0.05) is 66.7 Å². The fourth-order valence-corrected chi connectivity index (χ4v) is 4.54. The van der Waals surface area contributed by atoms with Gasteiger partial charge in [0, 0.05) is 0 Å². The van der Waals surface area contributed by atoms with E-state index in [9.17, 15) is 20.0 Å². The summed E-state index contributed by atoms with van der Waals surface area (Å²) in [6, 6.07) is 25.5. The lowest BCUT2D eigenvalue weighted by Gasteiger charge is -2.21. The second-order valence-corrected chi connectivity index (χ2v) is 8.51. The molecule has 0 saturated carbocycles. The molecule has 0 spiro atoms. The average molecular weight is 479 g/mol. The van der Waals surface area contributed by atoms with E-state index in [4.69, 9.17) is 9.47 Å². The maximum absolute atomic E-state index is 14.1. The summed E-state index contributed by atoms with van der Waals surface area (Å²) in [7, 11) is 0. The number of pyridine rings is 1. The lowest BCUT2D eigenvalue weighted by atomic mass is 9.83. The predicted octanol–water partition coefficient (Wildman–Crippen LogP) is 4.53. The highest BCUT2D eigenvalue weighted by Crippen LogP contribution is 2.35. The van der Waals surface area contributed by atoms with E-state index in [-0.39, 0.29) is 30.0 Å². The molecule has 7 nitrogen and oxygen atoms in total. The van der Waals surface area contributed by atoms with Crippen molar-refractivity contribution in [2.24, 2.45) is 0 Å². The van der Waals surface area contributed by atoms with Crippen LogP contribution in [0.5, 0.6) is 17.4 Å². The SMILES string of the molecule is Cc1c(C(=O)C(c2ccccc2)c2ccccc2)c(O)n(Cc2ccc3c(c2)OCO3)c(=O)c1C#N. The van der Waals surface area contributed by atoms with Crippen LogP contribution in [0.1, 0.15) is 44.1 Å². The van der Waals surface area contributed by atoms with Crippen LogP contribution in [-0.4, -0.2) is 22.2 Å². The first kappa shape index (κ1) is 22.9. The molecule has 178 valence electrons. The number of carbonyl (C=O) groups is 1. The molecule has 3 aromatic carbocycles. The summed E-state index contributed by atoms with van der Waals surface area (Å²) < 4.78 is 11.8. The normalized spacial score (nSPS) is 11.9. The molecule has 0 bridgehead atoms. The largest absolute Gasteiger partial charge is 0.494 e. The Morgan fingerprint density at radius 3 is 2.22 bits per heavy atom. The van der Waals surface area contributed by atoms with Gasteiger partial charge in [0.05, 0.1) is 18.0 Å². The average Bonchev–Trinajstić information content (AvgIpc) is 3.36. The number of fused-ring (bicyclic) bond motifs is 1. The molecule has 4 aromatic rings. The Morgan fingerprint density at radius 1 is 1.00 bits per heavy atom. The number of aromatic nitrogens is 1. The molecule has 1 aromatic heterocycles. The number of aromatic hydroxyl groups is 1. The molecule has 5 rings (SSSR count). The Morgan fingerprint density at radius 2 is 1.61 bits per heavy atom. The molecular formula is C29H22N2O5. The van der Waals surface area contributed by atoms with Crippen molar-refractivity contribution < 1.29 is 19.4 Å². The van der Waals surface area contributed by atoms with E-state index in [1.807, 2.05) is 66.7 Å². The fraction of sp³-hybridized carbons (Fsp3) is 0.138. The first-order chi connectivity index (χ1) is 17.5. The van der Waals surface area contributed by atoms with Gasteiger partial charge in [0.15, 0.2) is 17.3 Å². The summed E-state index contributed by atoms with van der Waals surface area (Å²) in [6.45, 7) is 1.56. The third-order valence-electron chi connectivity index (χ3n) is 6.35. The maximum atomic E-state index is 14.1. The summed E-state index contributed by atoms with van der Waals surface area (Å²) in [5.41, 5.74) is 1.37. The van der Waals surface area contributed by atoms with Gasteiger partial charge in [-0.2, -0.15) is 5.26 Å². The van der Waals surface area contributed by atoms with E-state index in [2.05, 4.69) is 0 Å². The molecule has 0 fully saturated rings. The Kier molecular flexibility index (Phi) is 6.01.